The number of urea groups is 1. The van der Waals surface area contributed by atoms with Crippen molar-refractivity contribution in [1.82, 2.24) is 24.9 Å². The molecule has 0 saturated carbocycles. The van der Waals surface area contributed by atoms with E-state index in [1.54, 1.807) is 15.6 Å². The fourth-order valence-corrected chi connectivity index (χ4v) is 5.02. The minimum absolute atomic E-state index is 0.175. The first-order valence-electron chi connectivity index (χ1n) is 11.7. The lowest BCUT2D eigenvalue weighted by Crippen LogP contribution is -2.45. The van der Waals surface area contributed by atoms with Gasteiger partial charge in [0, 0.05) is 24.4 Å². The Kier molecular flexibility index (Phi) is 5.68. The van der Waals surface area contributed by atoms with Gasteiger partial charge in [-0.15, -0.1) is 0 Å². The molecule has 180 valence electrons. The Balaban J connectivity index is 1.48. The number of para-hydroxylation sites is 1. The van der Waals surface area contributed by atoms with Crippen LogP contribution >= 0.6 is 0 Å². The summed E-state index contributed by atoms with van der Waals surface area (Å²) in [5.74, 6) is 0.562. The van der Waals surface area contributed by atoms with Gasteiger partial charge in [-0.2, -0.15) is 10.2 Å². The van der Waals surface area contributed by atoms with Crippen molar-refractivity contribution in [2.45, 2.75) is 44.8 Å². The van der Waals surface area contributed by atoms with E-state index in [0.717, 1.165) is 33.6 Å². The zero-order valence-electron chi connectivity index (χ0n) is 20.4. The molecule has 4 aromatic rings. The third-order valence-corrected chi connectivity index (χ3v) is 6.75. The van der Waals surface area contributed by atoms with Crippen LogP contribution in [-0.2, 0) is 12.5 Å². The van der Waals surface area contributed by atoms with Crippen molar-refractivity contribution in [3.05, 3.63) is 83.7 Å². The highest BCUT2D eigenvalue weighted by Crippen LogP contribution is 2.41. The largest absolute Gasteiger partial charge is 0.391 e. The molecule has 35 heavy (non-hydrogen) atoms. The number of carbonyl (C=O) groups is 1. The lowest BCUT2D eigenvalue weighted by molar-refractivity contribution is 0.0883. The summed E-state index contributed by atoms with van der Waals surface area (Å²) in [6.07, 6.45) is 3.51. The molecular formula is C27H30N6O2. The Labute approximate surface area is 204 Å². The van der Waals surface area contributed by atoms with Crippen molar-refractivity contribution in [2.24, 2.45) is 7.05 Å². The number of carbonyl (C=O) groups excluding carboxylic acids is 1. The molecule has 2 amide bonds. The van der Waals surface area contributed by atoms with Gasteiger partial charge >= 0.3 is 6.03 Å². The number of amides is 2. The van der Waals surface area contributed by atoms with E-state index in [1.165, 1.54) is 0 Å². The van der Waals surface area contributed by atoms with Crippen LogP contribution < -0.4 is 10.6 Å². The number of benzene rings is 2. The van der Waals surface area contributed by atoms with E-state index in [9.17, 15) is 9.90 Å². The number of rotatable bonds is 4. The zero-order valence-corrected chi connectivity index (χ0v) is 20.4. The Morgan fingerprint density at radius 2 is 1.83 bits per heavy atom. The van der Waals surface area contributed by atoms with E-state index in [1.807, 2.05) is 68.7 Å². The van der Waals surface area contributed by atoms with Gasteiger partial charge in [0.15, 0.2) is 0 Å². The lowest BCUT2D eigenvalue weighted by Gasteiger charge is -2.40. The SMILES string of the molecule is Cc1c(-c2cnn(C)c2)nn(-c2ccccc2)c1NC(=O)N[C@H]1c2ccccc2C(C)(C)C[C@@H]1O. The highest BCUT2D eigenvalue weighted by Gasteiger charge is 2.39. The van der Waals surface area contributed by atoms with E-state index in [-0.39, 0.29) is 5.41 Å². The van der Waals surface area contributed by atoms with E-state index in [2.05, 4.69) is 35.6 Å². The predicted molar refractivity (Wildman–Crippen MR) is 135 cm³/mol. The number of aliphatic hydroxyl groups excluding tert-OH is 1. The minimum atomic E-state index is -0.697. The first-order valence-corrected chi connectivity index (χ1v) is 11.7. The van der Waals surface area contributed by atoms with Gasteiger partial charge in [-0.3, -0.25) is 10.00 Å². The normalized spacial score (nSPS) is 18.7. The molecule has 1 aliphatic rings. The topological polar surface area (TPSA) is 97.0 Å². The van der Waals surface area contributed by atoms with Gasteiger partial charge in [0.2, 0.25) is 0 Å². The number of anilines is 1. The average molecular weight is 471 g/mol. The average Bonchev–Trinajstić information content (AvgIpc) is 3.40. The Morgan fingerprint density at radius 1 is 1.11 bits per heavy atom. The molecule has 2 aromatic heterocycles. The number of hydrogen-bond donors (Lipinski definition) is 3. The molecule has 0 fully saturated rings. The highest BCUT2D eigenvalue weighted by molar-refractivity contribution is 5.91. The summed E-state index contributed by atoms with van der Waals surface area (Å²) < 4.78 is 3.45. The summed E-state index contributed by atoms with van der Waals surface area (Å²) in [6.45, 7) is 6.16. The van der Waals surface area contributed by atoms with E-state index >= 15 is 0 Å². The van der Waals surface area contributed by atoms with Crippen molar-refractivity contribution in [3.8, 4) is 16.9 Å². The first kappa shape index (κ1) is 22.9. The van der Waals surface area contributed by atoms with Crippen LogP contribution in [0.3, 0.4) is 0 Å². The summed E-state index contributed by atoms with van der Waals surface area (Å²) in [6, 6.07) is 16.7. The van der Waals surface area contributed by atoms with E-state index in [0.29, 0.717) is 12.2 Å². The van der Waals surface area contributed by atoms with Crippen molar-refractivity contribution < 1.29 is 9.90 Å². The van der Waals surface area contributed by atoms with Crippen LogP contribution in [0.15, 0.2) is 67.0 Å². The Hall–Kier alpha value is -3.91. The van der Waals surface area contributed by atoms with Gasteiger partial charge < -0.3 is 10.4 Å². The summed E-state index contributed by atoms with van der Waals surface area (Å²) in [5, 5.41) is 26.0. The standard InChI is InChI=1S/C27H30N6O2/c1-17-23(18-15-28-32(4)16-18)31-33(19-10-6-5-7-11-19)25(17)30-26(35)29-24-20-12-8-9-13-21(20)27(2,3)14-22(24)34/h5-13,15-16,22,24,34H,14H2,1-4H3,(H2,29,30,35)/t22-,24-/m0/s1. The van der Waals surface area contributed by atoms with Crippen LogP contribution in [0.2, 0.25) is 0 Å². The van der Waals surface area contributed by atoms with Crippen LogP contribution in [0.4, 0.5) is 10.6 Å². The van der Waals surface area contributed by atoms with Crippen molar-refractivity contribution in [2.75, 3.05) is 5.32 Å². The molecule has 0 radical (unpaired) electrons. The third kappa shape index (κ3) is 4.21. The number of fused-ring (bicyclic) bond motifs is 1. The van der Waals surface area contributed by atoms with E-state index < -0.39 is 18.2 Å². The summed E-state index contributed by atoms with van der Waals surface area (Å²) >= 11 is 0. The number of nitrogens with zero attached hydrogens (tertiary/aromatic N) is 4. The van der Waals surface area contributed by atoms with Crippen molar-refractivity contribution >= 4 is 11.8 Å². The second-order valence-electron chi connectivity index (χ2n) is 9.79. The highest BCUT2D eigenvalue weighted by atomic mass is 16.3. The lowest BCUT2D eigenvalue weighted by atomic mass is 9.70. The van der Waals surface area contributed by atoms with Crippen molar-refractivity contribution in [1.29, 1.82) is 0 Å². The quantitative estimate of drug-likeness (QED) is 0.410. The molecule has 8 heteroatoms. The monoisotopic (exact) mass is 470 g/mol. The van der Waals surface area contributed by atoms with Crippen molar-refractivity contribution in [3.63, 3.8) is 0 Å². The first-order chi connectivity index (χ1) is 16.7. The van der Waals surface area contributed by atoms with Crippen LogP contribution in [0.5, 0.6) is 0 Å². The summed E-state index contributed by atoms with van der Waals surface area (Å²) in [4.78, 5) is 13.3. The maximum atomic E-state index is 13.3. The third-order valence-electron chi connectivity index (χ3n) is 6.75. The molecule has 3 N–H and O–H groups in total. The van der Waals surface area contributed by atoms with Crippen LogP contribution in [0, 0.1) is 6.92 Å². The number of aryl methyl sites for hydroxylation is 1. The Morgan fingerprint density at radius 3 is 2.54 bits per heavy atom. The van der Waals surface area contributed by atoms with Gasteiger partial charge in [0.05, 0.1) is 24.0 Å². The second kappa shape index (κ2) is 8.70. The molecule has 0 bridgehead atoms. The number of aliphatic hydroxyl groups is 1. The van der Waals surface area contributed by atoms with Gasteiger partial charge in [0.25, 0.3) is 0 Å². The van der Waals surface area contributed by atoms with Gasteiger partial charge in [-0.25, -0.2) is 9.48 Å². The van der Waals surface area contributed by atoms with Gasteiger partial charge in [-0.1, -0.05) is 56.3 Å². The molecule has 1 aliphatic carbocycles. The molecule has 0 spiro atoms. The molecule has 2 atom stereocenters. The molecule has 2 aromatic carbocycles. The summed E-state index contributed by atoms with van der Waals surface area (Å²) in [7, 11) is 1.86. The fraction of sp³-hybridized carbons (Fsp3) is 0.296. The summed E-state index contributed by atoms with van der Waals surface area (Å²) in [5.41, 5.74) is 5.15. The second-order valence-corrected chi connectivity index (χ2v) is 9.79. The predicted octanol–water partition coefficient (Wildman–Crippen LogP) is 4.49. The van der Waals surface area contributed by atoms with E-state index in [4.69, 9.17) is 5.10 Å². The minimum Gasteiger partial charge on any atom is -0.391 e. The van der Waals surface area contributed by atoms with Gasteiger partial charge in [0.1, 0.15) is 11.5 Å². The van der Waals surface area contributed by atoms with Crippen LogP contribution in [-0.4, -0.2) is 36.8 Å². The van der Waals surface area contributed by atoms with Gasteiger partial charge in [-0.05, 0) is 42.0 Å². The van der Waals surface area contributed by atoms with Crippen LogP contribution in [0.1, 0.15) is 43.0 Å². The smallest absolute Gasteiger partial charge is 0.320 e. The molecule has 8 nitrogen and oxygen atoms in total. The molecule has 5 rings (SSSR count). The Bertz CT molecular complexity index is 1370. The maximum absolute atomic E-state index is 13.3. The number of hydrogen-bond acceptors (Lipinski definition) is 4. The number of aromatic nitrogens is 4. The number of nitrogens with one attached hydrogen (secondary N) is 2. The van der Waals surface area contributed by atoms with Crippen LogP contribution in [0.25, 0.3) is 16.9 Å². The molecule has 0 unspecified atom stereocenters. The molecule has 0 saturated heterocycles. The maximum Gasteiger partial charge on any atom is 0.320 e. The molecule has 0 aliphatic heterocycles. The molecule has 2 heterocycles. The zero-order chi connectivity index (χ0) is 24.7. The fourth-order valence-electron chi connectivity index (χ4n) is 5.02. The molecular weight excluding hydrogens is 440 g/mol.